The van der Waals surface area contributed by atoms with Gasteiger partial charge in [0.2, 0.25) is 0 Å². The van der Waals surface area contributed by atoms with Gasteiger partial charge in [0.1, 0.15) is 5.54 Å². The van der Waals surface area contributed by atoms with E-state index in [0.29, 0.717) is 0 Å². The molecule has 0 heterocycles. The molecule has 0 radical (unpaired) electrons. The fourth-order valence-electron chi connectivity index (χ4n) is 1.55. The van der Waals surface area contributed by atoms with Crippen molar-refractivity contribution in [2.24, 2.45) is 0 Å². The molecular formula is C11H22N2OS. The Hall–Kier alpha value is -0.240. The summed E-state index contributed by atoms with van der Waals surface area (Å²) >= 11 is 1.75. The lowest BCUT2D eigenvalue weighted by Gasteiger charge is -2.25. The lowest BCUT2D eigenvalue weighted by molar-refractivity contribution is 0.322. The van der Waals surface area contributed by atoms with Crippen molar-refractivity contribution in [3.63, 3.8) is 0 Å². The molecule has 0 saturated heterocycles. The highest BCUT2D eigenvalue weighted by molar-refractivity contribution is 7.99. The normalized spacial score (nSPS) is 14.5. The summed E-state index contributed by atoms with van der Waals surface area (Å²) in [4.78, 5) is 0. The first-order valence-electron chi connectivity index (χ1n) is 5.59. The number of hydrogen-bond acceptors (Lipinski definition) is 4. The molecule has 0 bridgehead atoms. The van der Waals surface area contributed by atoms with Gasteiger partial charge in [0, 0.05) is 5.75 Å². The molecule has 0 aromatic carbocycles. The summed E-state index contributed by atoms with van der Waals surface area (Å²) in [5, 5.41) is 21.0. The second kappa shape index (κ2) is 9.02. The van der Waals surface area contributed by atoms with Gasteiger partial charge in [-0.05, 0) is 31.6 Å². The molecule has 88 valence electrons. The van der Waals surface area contributed by atoms with Crippen LogP contribution in [0.15, 0.2) is 0 Å². The fraction of sp³-hybridized carbons (Fsp3) is 0.909. The number of thioether (sulfide) groups is 1. The Bertz CT molecular complexity index is 194. The molecule has 0 aromatic rings. The molecule has 0 fully saturated rings. The highest BCUT2D eigenvalue weighted by Crippen LogP contribution is 2.18. The van der Waals surface area contributed by atoms with E-state index >= 15 is 0 Å². The molecule has 0 spiro atoms. The lowest BCUT2D eigenvalue weighted by atomic mass is 9.92. The highest BCUT2D eigenvalue weighted by atomic mass is 32.2. The molecule has 0 amide bonds. The predicted molar refractivity (Wildman–Crippen MR) is 66.0 cm³/mol. The number of nitrogens with zero attached hydrogens (tertiary/aromatic N) is 1. The van der Waals surface area contributed by atoms with E-state index in [2.05, 4.69) is 11.4 Å². The minimum atomic E-state index is -0.339. The molecule has 0 aliphatic carbocycles. The Morgan fingerprint density at radius 3 is 2.60 bits per heavy atom. The summed E-state index contributed by atoms with van der Waals surface area (Å²) in [6.07, 6.45) is 2.77. The standard InChI is InChI=1S/C11H22N2OS/c1-3-11(10-12,13-4-2)6-5-8-15-9-7-14/h13-14H,3-9H2,1-2H3. The summed E-state index contributed by atoms with van der Waals surface area (Å²) in [7, 11) is 0. The van der Waals surface area contributed by atoms with Gasteiger partial charge >= 0.3 is 0 Å². The average Bonchev–Trinajstić information content (AvgIpc) is 2.27. The summed E-state index contributed by atoms with van der Waals surface area (Å²) in [6.45, 7) is 5.16. The number of nitrogens with one attached hydrogen (secondary N) is 1. The van der Waals surface area contributed by atoms with Gasteiger partial charge in [-0.1, -0.05) is 13.8 Å². The summed E-state index contributed by atoms with van der Waals surface area (Å²) < 4.78 is 0. The maximum atomic E-state index is 9.15. The monoisotopic (exact) mass is 230 g/mol. The van der Waals surface area contributed by atoms with Crippen LogP contribution in [-0.2, 0) is 0 Å². The molecule has 0 saturated carbocycles. The first kappa shape index (κ1) is 14.8. The third-order valence-electron chi connectivity index (χ3n) is 2.46. The van der Waals surface area contributed by atoms with E-state index in [1.807, 2.05) is 13.8 Å². The summed E-state index contributed by atoms with van der Waals surface area (Å²) in [5.41, 5.74) is -0.339. The quantitative estimate of drug-likeness (QED) is 0.593. The van der Waals surface area contributed by atoms with Crippen molar-refractivity contribution in [1.29, 1.82) is 5.26 Å². The van der Waals surface area contributed by atoms with Crippen molar-refractivity contribution in [3.8, 4) is 6.07 Å². The highest BCUT2D eigenvalue weighted by Gasteiger charge is 2.25. The van der Waals surface area contributed by atoms with Crippen LogP contribution in [0.2, 0.25) is 0 Å². The molecule has 4 heteroatoms. The largest absolute Gasteiger partial charge is 0.396 e. The van der Waals surface area contributed by atoms with Gasteiger partial charge in [-0.15, -0.1) is 0 Å². The zero-order valence-corrected chi connectivity index (χ0v) is 10.6. The zero-order valence-electron chi connectivity index (χ0n) is 9.75. The van der Waals surface area contributed by atoms with Crippen LogP contribution >= 0.6 is 11.8 Å². The van der Waals surface area contributed by atoms with E-state index < -0.39 is 0 Å². The van der Waals surface area contributed by atoms with Crippen molar-refractivity contribution < 1.29 is 5.11 Å². The lowest BCUT2D eigenvalue weighted by Crippen LogP contribution is -2.43. The van der Waals surface area contributed by atoms with E-state index in [1.54, 1.807) is 11.8 Å². The summed E-state index contributed by atoms with van der Waals surface area (Å²) in [6, 6.07) is 2.39. The Labute approximate surface area is 97.2 Å². The Morgan fingerprint density at radius 1 is 1.40 bits per heavy atom. The molecule has 0 aromatic heterocycles. The van der Waals surface area contributed by atoms with Crippen LogP contribution in [0.4, 0.5) is 0 Å². The smallest absolute Gasteiger partial charge is 0.106 e. The molecule has 0 aliphatic rings. The van der Waals surface area contributed by atoms with Crippen molar-refractivity contribution in [3.05, 3.63) is 0 Å². The van der Waals surface area contributed by atoms with Gasteiger partial charge in [0.15, 0.2) is 0 Å². The van der Waals surface area contributed by atoms with Crippen molar-refractivity contribution >= 4 is 11.8 Å². The van der Waals surface area contributed by atoms with Crippen LogP contribution in [-0.4, -0.2) is 35.3 Å². The minimum Gasteiger partial charge on any atom is -0.396 e. The van der Waals surface area contributed by atoms with Gasteiger partial charge in [0.25, 0.3) is 0 Å². The zero-order chi connectivity index (χ0) is 11.6. The molecule has 1 unspecified atom stereocenters. The van der Waals surface area contributed by atoms with Crippen molar-refractivity contribution in [2.75, 3.05) is 24.7 Å². The maximum absolute atomic E-state index is 9.15. The topological polar surface area (TPSA) is 56.0 Å². The van der Waals surface area contributed by atoms with Crippen molar-refractivity contribution in [1.82, 2.24) is 5.32 Å². The Kier molecular flexibility index (Phi) is 8.88. The molecule has 2 N–H and O–H groups in total. The third kappa shape index (κ3) is 6.03. The predicted octanol–water partition coefficient (Wildman–Crippen LogP) is 1.77. The van der Waals surface area contributed by atoms with Crippen LogP contribution in [0.1, 0.15) is 33.1 Å². The second-order valence-electron chi connectivity index (χ2n) is 3.52. The van der Waals surface area contributed by atoms with Gasteiger partial charge in [-0.3, -0.25) is 5.32 Å². The van der Waals surface area contributed by atoms with E-state index in [-0.39, 0.29) is 12.1 Å². The Balaban J connectivity index is 3.81. The molecule has 1 atom stereocenters. The number of nitriles is 1. The number of aliphatic hydroxyl groups is 1. The van der Waals surface area contributed by atoms with Crippen molar-refractivity contribution in [2.45, 2.75) is 38.6 Å². The minimum absolute atomic E-state index is 0.245. The van der Waals surface area contributed by atoms with E-state index in [9.17, 15) is 0 Å². The summed E-state index contributed by atoms with van der Waals surface area (Å²) in [5.74, 6) is 1.82. The first-order chi connectivity index (χ1) is 7.24. The van der Waals surface area contributed by atoms with Gasteiger partial charge in [0.05, 0.1) is 12.7 Å². The maximum Gasteiger partial charge on any atom is 0.106 e. The number of hydrogen-bond donors (Lipinski definition) is 2. The fourth-order valence-corrected chi connectivity index (χ4v) is 2.23. The van der Waals surface area contributed by atoms with Crippen LogP contribution < -0.4 is 5.32 Å². The second-order valence-corrected chi connectivity index (χ2v) is 4.74. The van der Waals surface area contributed by atoms with E-state index in [4.69, 9.17) is 10.4 Å². The van der Waals surface area contributed by atoms with Gasteiger partial charge in [-0.25, -0.2) is 0 Å². The van der Waals surface area contributed by atoms with E-state index in [0.717, 1.165) is 37.3 Å². The van der Waals surface area contributed by atoms with Gasteiger partial charge in [-0.2, -0.15) is 17.0 Å². The molecule has 0 rings (SSSR count). The molecule has 0 aliphatic heterocycles. The number of aliphatic hydroxyl groups excluding tert-OH is 1. The average molecular weight is 230 g/mol. The molecule has 15 heavy (non-hydrogen) atoms. The molecular weight excluding hydrogens is 208 g/mol. The van der Waals surface area contributed by atoms with Crippen LogP contribution in [0.25, 0.3) is 0 Å². The number of rotatable bonds is 9. The van der Waals surface area contributed by atoms with Gasteiger partial charge < -0.3 is 5.11 Å². The first-order valence-corrected chi connectivity index (χ1v) is 6.75. The van der Waals surface area contributed by atoms with E-state index in [1.165, 1.54) is 0 Å². The Morgan fingerprint density at radius 2 is 2.13 bits per heavy atom. The SMILES string of the molecule is CCNC(C#N)(CC)CCCSCCO. The van der Waals surface area contributed by atoms with Crippen LogP contribution in [0, 0.1) is 11.3 Å². The third-order valence-corrected chi connectivity index (χ3v) is 3.51. The molecule has 3 nitrogen and oxygen atoms in total. The van der Waals surface area contributed by atoms with Crippen LogP contribution in [0.3, 0.4) is 0 Å². The van der Waals surface area contributed by atoms with Crippen LogP contribution in [0.5, 0.6) is 0 Å².